The van der Waals surface area contributed by atoms with Crippen LogP contribution in [0.2, 0.25) is 5.02 Å². The number of hydrogen-bond donors (Lipinski definition) is 0. The summed E-state index contributed by atoms with van der Waals surface area (Å²) in [5.74, 6) is 0.550. The van der Waals surface area contributed by atoms with E-state index in [4.69, 9.17) is 30.0 Å². The summed E-state index contributed by atoms with van der Waals surface area (Å²) in [6.45, 7) is 1.93. The molecule has 0 saturated carbocycles. The first-order valence-electron chi connectivity index (χ1n) is 11.3. The Bertz CT molecular complexity index is 1130. The molecule has 7 nitrogen and oxygen atoms in total. The van der Waals surface area contributed by atoms with Gasteiger partial charge in [-0.3, -0.25) is 9.17 Å². The Kier molecular flexibility index (Phi) is 8.68. The van der Waals surface area contributed by atoms with Crippen molar-refractivity contribution in [2.45, 2.75) is 31.6 Å². The Hall–Kier alpha value is -1.46. The second kappa shape index (κ2) is 11.5. The molecule has 1 fully saturated rings. The Balaban J connectivity index is 1.65. The van der Waals surface area contributed by atoms with Gasteiger partial charge in [0.1, 0.15) is 12.2 Å². The number of halogens is 1. The van der Waals surface area contributed by atoms with Crippen LogP contribution in [-0.4, -0.2) is 50.8 Å². The van der Waals surface area contributed by atoms with Crippen LogP contribution in [0.3, 0.4) is 0 Å². The van der Waals surface area contributed by atoms with E-state index in [1.807, 2.05) is 24.4 Å². The highest BCUT2D eigenvalue weighted by Crippen LogP contribution is 2.46. The molecular weight excluding hydrogens is 496 g/mol. The van der Waals surface area contributed by atoms with Crippen molar-refractivity contribution in [1.82, 2.24) is 9.29 Å². The van der Waals surface area contributed by atoms with Crippen molar-refractivity contribution in [2.75, 3.05) is 33.1 Å². The first-order chi connectivity index (χ1) is 16.4. The fourth-order valence-electron chi connectivity index (χ4n) is 4.82. The normalized spacial score (nSPS) is 19.3. The number of fused-ring (bicyclic) bond motifs is 2. The average Bonchev–Trinajstić information content (AvgIpc) is 2.94. The number of allylic oxidation sites excluding steroid dienone is 1. The van der Waals surface area contributed by atoms with Crippen LogP contribution in [-0.2, 0) is 23.5 Å². The number of aromatic nitrogens is 1. The van der Waals surface area contributed by atoms with Gasteiger partial charge in [0.2, 0.25) is 0 Å². The molecule has 0 amide bonds. The number of hydrogen-bond acceptors (Lipinski definition) is 8. The molecule has 34 heavy (non-hydrogen) atoms. The van der Waals surface area contributed by atoms with Crippen LogP contribution in [0.1, 0.15) is 54.0 Å². The molecule has 1 atom stereocenters. The number of piperidine rings is 1. The van der Waals surface area contributed by atoms with Crippen LogP contribution in [0.4, 0.5) is 0 Å². The van der Waals surface area contributed by atoms with Gasteiger partial charge in [0, 0.05) is 30.2 Å². The number of benzene rings is 1. The van der Waals surface area contributed by atoms with Crippen LogP contribution in [0, 0.1) is 5.92 Å². The van der Waals surface area contributed by atoms with E-state index in [1.165, 1.54) is 24.9 Å². The molecule has 2 heterocycles. The van der Waals surface area contributed by atoms with Crippen molar-refractivity contribution in [3.8, 4) is 0 Å². The van der Waals surface area contributed by atoms with Crippen LogP contribution in [0.5, 0.6) is 0 Å². The van der Waals surface area contributed by atoms with Crippen molar-refractivity contribution in [3.05, 3.63) is 63.9 Å². The fraction of sp³-hybridized carbons (Fsp3) is 0.458. The van der Waals surface area contributed by atoms with Crippen molar-refractivity contribution in [2.24, 2.45) is 5.92 Å². The maximum Gasteiger partial charge on any atom is 0.264 e. The van der Waals surface area contributed by atoms with Crippen molar-refractivity contribution in [1.29, 1.82) is 0 Å². The molecule has 1 aliphatic carbocycles. The second-order valence-electron chi connectivity index (χ2n) is 8.56. The molecular formula is C24H29ClN2O5S2. The van der Waals surface area contributed by atoms with E-state index in [9.17, 15) is 8.42 Å². The van der Waals surface area contributed by atoms with E-state index in [2.05, 4.69) is 22.5 Å². The smallest absolute Gasteiger partial charge is 0.264 e. The maximum atomic E-state index is 11.4. The van der Waals surface area contributed by atoms with Gasteiger partial charge >= 0.3 is 0 Å². The molecule has 4 rings (SSSR count). The lowest BCUT2D eigenvalue weighted by atomic mass is 9.76. The minimum atomic E-state index is -3.46. The van der Waals surface area contributed by atoms with Gasteiger partial charge in [-0.2, -0.15) is 8.42 Å². The monoisotopic (exact) mass is 524 g/mol. The van der Waals surface area contributed by atoms with E-state index in [0.29, 0.717) is 23.8 Å². The highest BCUT2D eigenvalue weighted by atomic mass is 35.5. The molecule has 0 radical (unpaired) electrons. The third-order valence-corrected chi connectivity index (χ3v) is 7.86. The first kappa shape index (κ1) is 25.6. The van der Waals surface area contributed by atoms with E-state index >= 15 is 0 Å². The summed E-state index contributed by atoms with van der Waals surface area (Å²) in [6.07, 6.45) is 8.37. The minimum Gasteiger partial charge on any atom is -0.270 e. The fourth-order valence-corrected chi connectivity index (χ4v) is 5.92. The summed E-state index contributed by atoms with van der Waals surface area (Å²) in [4.78, 5) is 9.57. The van der Waals surface area contributed by atoms with Gasteiger partial charge in [0.15, 0.2) is 0 Å². The molecule has 0 bridgehead atoms. The third-order valence-electron chi connectivity index (χ3n) is 6.25. The quantitative estimate of drug-likeness (QED) is 0.109. The van der Waals surface area contributed by atoms with Crippen LogP contribution in [0.15, 0.2) is 36.5 Å². The molecule has 2 aliphatic rings. The summed E-state index contributed by atoms with van der Waals surface area (Å²) >= 11 is 7.70. The molecule has 1 aromatic carbocycles. The summed E-state index contributed by atoms with van der Waals surface area (Å²) in [5.41, 5.74) is 5.62. The highest BCUT2D eigenvalue weighted by Gasteiger charge is 2.34. The molecule has 1 saturated heterocycles. The van der Waals surface area contributed by atoms with Crippen LogP contribution in [0.25, 0.3) is 11.6 Å². The number of rotatable bonds is 9. The zero-order valence-corrected chi connectivity index (χ0v) is 21.7. The Morgan fingerprint density at radius 3 is 2.76 bits per heavy atom. The topological polar surface area (TPSA) is 78.0 Å². The average molecular weight is 525 g/mol. The van der Waals surface area contributed by atoms with E-state index in [0.717, 1.165) is 54.6 Å². The Morgan fingerprint density at radius 2 is 2.03 bits per heavy atom. The van der Waals surface area contributed by atoms with Gasteiger partial charge in [0.25, 0.3) is 10.1 Å². The lowest BCUT2D eigenvalue weighted by Gasteiger charge is -2.35. The SMILES string of the molecule is COOSN1CCC(C2c3ccc(Cl)cc3C(CCCOS(C)(=O)=O)=Cc3cccnc32)CC1. The number of nitrogens with zero attached hydrogens (tertiary/aromatic N) is 2. The van der Waals surface area contributed by atoms with Gasteiger partial charge in [-0.15, -0.1) is 4.33 Å². The lowest BCUT2D eigenvalue weighted by molar-refractivity contribution is -0.163. The molecule has 1 unspecified atom stereocenters. The predicted octanol–water partition coefficient (Wildman–Crippen LogP) is 5.33. The molecule has 2 aromatic rings. The van der Waals surface area contributed by atoms with E-state index in [1.54, 1.807) is 0 Å². The number of pyridine rings is 1. The highest BCUT2D eigenvalue weighted by molar-refractivity contribution is 7.92. The minimum absolute atomic E-state index is 0.139. The molecule has 0 N–H and O–H groups in total. The van der Waals surface area contributed by atoms with Crippen LogP contribution >= 0.6 is 23.8 Å². The van der Waals surface area contributed by atoms with Gasteiger partial charge in [-0.05, 0) is 78.1 Å². The summed E-state index contributed by atoms with van der Waals surface area (Å²) in [7, 11) is -1.95. The van der Waals surface area contributed by atoms with Gasteiger partial charge < -0.3 is 0 Å². The largest absolute Gasteiger partial charge is 0.270 e. The van der Waals surface area contributed by atoms with Crippen LogP contribution < -0.4 is 0 Å². The lowest BCUT2D eigenvalue weighted by Crippen LogP contribution is -2.32. The Morgan fingerprint density at radius 1 is 1.24 bits per heavy atom. The standard InChI is InChI=1S/C24H29ClN2O5S2/c1-30-32-33-27-12-9-17(10-13-27)23-21-8-7-20(25)16-22(21)18(6-4-14-31-34(2,28)29)15-19-5-3-11-26-24(19)23/h3,5,7-8,11,15-17,23H,4,6,9-10,12-14H2,1-2H3. The first-order valence-corrected chi connectivity index (χ1v) is 14.2. The molecule has 10 heteroatoms. The van der Waals surface area contributed by atoms with Crippen molar-refractivity contribution in [3.63, 3.8) is 0 Å². The molecule has 184 valence electrons. The zero-order chi connectivity index (χ0) is 24.1. The summed E-state index contributed by atoms with van der Waals surface area (Å²) in [6, 6.07) is 10.2. The molecule has 1 aromatic heterocycles. The van der Waals surface area contributed by atoms with E-state index < -0.39 is 10.1 Å². The third kappa shape index (κ3) is 6.40. The molecule has 1 aliphatic heterocycles. The summed E-state index contributed by atoms with van der Waals surface area (Å²) < 4.78 is 34.9. The zero-order valence-electron chi connectivity index (χ0n) is 19.3. The second-order valence-corrected chi connectivity index (χ2v) is 11.4. The predicted molar refractivity (Wildman–Crippen MR) is 135 cm³/mol. The van der Waals surface area contributed by atoms with E-state index in [-0.39, 0.29) is 12.5 Å². The van der Waals surface area contributed by atoms with Gasteiger partial charge in [0.05, 0.1) is 25.7 Å². The van der Waals surface area contributed by atoms with Crippen molar-refractivity contribution >= 4 is 45.6 Å². The van der Waals surface area contributed by atoms with Gasteiger partial charge in [-0.1, -0.05) is 23.7 Å². The molecule has 0 spiro atoms. The summed E-state index contributed by atoms with van der Waals surface area (Å²) in [5, 5.41) is 0.678. The van der Waals surface area contributed by atoms with Gasteiger partial charge in [-0.25, -0.2) is 9.19 Å². The Labute approximate surface area is 210 Å². The maximum absolute atomic E-state index is 11.4. The van der Waals surface area contributed by atoms with Crippen molar-refractivity contribution < 1.29 is 21.8 Å².